The Morgan fingerprint density at radius 1 is 0.682 bits per heavy atom. The van der Waals surface area contributed by atoms with Gasteiger partial charge in [-0.2, -0.15) is 0 Å². The van der Waals surface area contributed by atoms with Gasteiger partial charge in [0.1, 0.15) is 0 Å². The van der Waals surface area contributed by atoms with E-state index in [-0.39, 0.29) is 5.92 Å². The summed E-state index contributed by atoms with van der Waals surface area (Å²) in [7, 11) is 0. The van der Waals surface area contributed by atoms with Crippen molar-refractivity contribution in [3.63, 3.8) is 0 Å². The highest BCUT2D eigenvalue weighted by Gasteiger charge is 2.16. The molecule has 0 spiro atoms. The Morgan fingerprint density at radius 2 is 1.23 bits per heavy atom. The number of rotatable bonds is 5. The van der Waals surface area contributed by atoms with Crippen LogP contribution in [0.4, 0.5) is 5.69 Å². The van der Waals surface area contributed by atoms with Crippen molar-refractivity contribution in [2.24, 2.45) is 0 Å². The summed E-state index contributed by atoms with van der Waals surface area (Å²) in [5.74, 6) is 0.149. The largest absolute Gasteiger partial charge is 0.329 e. The zero-order chi connectivity index (χ0) is 15.2. The van der Waals surface area contributed by atoms with Crippen LogP contribution in [0.5, 0.6) is 0 Å². The van der Waals surface area contributed by atoms with Crippen LogP contribution >= 0.6 is 0 Å². The highest BCUT2D eigenvalue weighted by Crippen LogP contribution is 2.32. The van der Waals surface area contributed by atoms with E-state index in [0.717, 1.165) is 11.3 Å². The van der Waals surface area contributed by atoms with E-state index in [1.807, 2.05) is 30.3 Å². The first-order chi connectivity index (χ1) is 10.9. The maximum Gasteiger partial charge on any atom is 0.211 e. The zero-order valence-electron chi connectivity index (χ0n) is 12.1. The Bertz CT molecular complexity index is 698. The topological polar surface area (TPSA) is 29.1 Å². The van der Waals surface area contributed by atoms with E-state index in [1.165, 1.54) is 11.1 Å². The number of hydrogen-bond donors (Lipinski definition) is 1. The van der Waals surface area contributed by atoms with Gasteiger partial charge in [0.05, 0.1) is 0 Å². The third kappa shape index (κ3) is 3.07. The third-order valence-corrected chi connectivity index (χ3v) is 3.71. The number of hydrogen-bond acceptors (Lipinski definition) is 1. The summed E-state index contributed by atoms with van der Waals surface area (Å²) in [4.78, 5) is 10.7. The quantitative estimate of drug-likeness (QED) is 0.545. The standard InChI is InChI=1S/C20H17NO/c22-15-21-19-13-7-12-18(14-19)20(16-8-3-1-4-9-16)17-10-5-2-6-11-17/h1-15,20H,(H,21,22). The second kappa shape index (κ2) is 6.72. The Morgan fingerprint density at radius 3 is 1.77 bits per heavy atom. The van der Waals surface area contributed by atoms with E-state index >= 15 is 0 Å². The van der Waals surface area contributed by atoms with Crippen LogP contribution in [0.2, 0.25) is 0 Å². The van der Waals surface area contributed by atoms with Crippen LogP contribution in [0, 0.1) is 0 Å². The number of carbonyl (C=O) groups excluding carboxylic acids is 1. The van der Waals surface area contributed by atoms with Crippen molar-refractivity contribution in [3.05, 3.63) is 102 Å². The number of nitrogens with one attached hydrogen (secondary N) is 1. The van der Waals surface area contributed by atoms with Crippen LogP contribution in [-0.2, 0) is 4.79 Å². The lowest BCUT2D eigenvalue weighted by molar-refractivity contribution is -0.105. The van der Waals surface area contributed by atoms with E-state index in [4.69, 9.17) is 0 Å². The highest BCUT2D eigenvalue weighted by molar-refractivity contribution is 5.71. The minimum atomic E-state index is 0.149. The van der Waals surface area contributed by atoms with Crippen molar-refractivity contribution in [2.45, 2.75) is 5.92 Å². The van der Waals surface area contributed by atoms with Crippen molar-refractivity contribution in [3.8, 4) is 0 Å². The summed E-state index contributed by atoms with van der Waals surface area (Å²) in [5.41, 5.74) is 4.43. The first kappa shape index (κ1) is 14.1. The van der Waals surface area contributed by atoms with Gasteiger partial charge in [-0.15, -0.1) is 0 Å². The monoisotopic (exact) mass is 287 g/mol. The van der Waals surface area contributed by atoms with Gasteiger partial charge in [-0.3, -0.25) is 4.79 Å². The molecule has 2 heteroatoms. The summed E-state index contributed by atoms with van der Waals surface area (Å²) in [6.07, 6.45) is 0.707. The van der Waals surface area contributed by atoms with Crippen molar-refractivity contribution in [2.75, 3.05) is 5.32 Å². The second-order valence-electron chi connectivity index (χ2n) is 5.14. The maximum absolute atomic E-state index is 10.7. The molecule has 3 aromatic carbocycles. The molecule has 3 rings (SSSR count). The maximum atomic E-state index is 10.7. The lowest BCUT2D eigenvalue weighted by Gasteiger charge is -2.19. The summed E-state index contributed by atoms with van der Waals surface area (Å²) < 4.78 is 0. The Labute approximate surface area is 130 Å². The van der Waals surface area contributed by atoms with Crippen molar-refractivity contribution >= 4 is 12.1 Å². The molecule has 0 aliphatic carbocycles. The van der Waals surface area contributed by atoms with Gasteiger partial charge in [0, 0.05) is 11.6 Å². The zero-order valence-corrected chi connectivity index (χ0v) is 12.1. The average molecular weight is 287 g/mol. The lowest BCUT2D eigenvalue weighted by Crippen LogP contribution is -2.04. The van der Waals surface area contributed by atoms with Crippen LogP contribution in [0.25, 0.3) is 0 Å². The molecule has 22 heavy (non-hydrogen) atoms. The molecule has 0 atom stereocenters. The number of carbonyl (C=O) groups is 1. The second-order valence-corrected chi connectivity index (χ2v) is 5.14. The van der Waals surface area contributed by atoms with Crippen molar-refractivity contribution in [1.29, 1.82) is 0 Å². The number of anilines is 1. The van der Waals surface area contributed by atoms with Gasteiger partial charge in [-0.25, -0.2) is 0 Å². The molecule has 0 heterocycles. The molecule has 0 fully saturated rings. The minimum absolute atomic E-state index is 0.149. The SMILES string of the molecule is O=CNc1cccc(C(c2ccccc2)c2ccccc2)c1. The predicted molar refractivity (Wildman–Crippen MR) is 90.0 cm³/mol. The first-order valence-electron chi connectivity index (χ1n) is 7.28. The van der Waals surface area contributed by atoms with E-state index in [1.54, 1.807) is 0 Å². The molecule has 0 aliphatic rings. The smallest absolute Gasteiger partial charge is 0.211 e. The Hall–Kier alpha value is -2.87. The van der Waals surface area contributed by atoms with Crippen molar-refractivity contribution in [1.82, 2.24) is 0 Å². The van der Waals surface area contributed by atoms with Gasteiger partial charge in [-0.1, -0.05) is 72.8 Å². The van der Waals surface area contributed by atoms with Gasteiger partial charge in [0.15, 0.2) is 0 Å². The van der Waals surface area contributed by atoms with E-state index < -0.39 is 0 Å². The molecule has 2 nitrogen and oxygen atoms in total. The van der Waals surface area contributed by atoms with Crippen LogP contribution in [0.3, 0.4) is 0 Å². The van der Waals surface area contributed by atoms with Crippen LogP contribution in [0.15, 0.2) is 84.9 Å². The molecule has 0 bridgehead atoms. The fraction of sp³-hybridized carbons (Fsp3) is 0.0500. The molecular weight excluding hydrogens is 270 g/mol. The van der Waals surface area contributed by atoms with E-state index in [2.05, 4.69) is 59.9 Å². The molecule has 0 aliphatic heterocycles. The molecule has 0 saturated carbocycles. The fourth-order valence-corrected chi connectivity index (χ4v) is 2.74. The van der Waals surface area contributed by atoms with Gasteiger partial charge in [-0.05, 0) is 28.8 Å². The molecule has 3 aromatic rings. The summed E-state index contributed by atoms with van der Waals surface area (Å²) in [6.45, 7) is 0. The van der Waals surface area contributed by atoms with Crippen LogP contribution in [-0.4, -0.2) is 6.41 Å². The molecule has 108 valence electrons. The first-order valence-corrected chi connectivity index (χ1v) is 7.28. The van der Waals surface area contributed by atoms with Gasteiger partial charge in [0.25, 0.3) is 0 Å². The minimum Gasteiger partial charge on any atom is -0.329 e. The third-order valence-electron chi connectivity index (χ3n) is 3.71. The summed E-state index contributed by atoms with van der Waals surface area (Å²) >= 11 is 0. The van der Waals surface area contributed by atoms with E-state index in [0.29, 0.717) is 6.41 Å². The lowest BCUT2D eigenvalue weighted by atomic mass is 9.85. The predicted octanol–water partition coefficient (Wildman–Crippen LogP) is 4.44. The van der Waals surface area contributed by atoms with Gasteiger partial charge in [0.2, 0.25) is 6.41 Å². The number of benzene rings is 3. The number of amides is 1. The Kier molecular flexibility index (Phi) is 4.30. The molecule has 1 amide bonds. The highest BCUT2D eigenvalue weighted by atomic mass is 16.1. The van der Waals surface area contributed by atoms with Crippen molar-refractivity contribution < 1.29 is 4.79 Å². The fourth-order valence-electron chi connectivity index (χ4n) is 2.74. The van der Waals surface area contributed by atoms with Crippen LogP contribution < -0.4 is 5.32 Å². The molecule has 1 N–H and O–H groups in total. The normalized spacial score (nSPS) is 10.4. The molecular formula is C20H17NO. The molecule has 0 aromatic heterocycles. The van der Waals surface area contributed by atoms with Gasteiger partial charge >= 0.3 is 0 Å². The molecule has 0 saturated heterocycles. The van der Waals surface area contributed by atoms with E-state index in [9.17, 15) is 4.79 Å². The summed E-state index contributed by atoms with van der Waals surface area (Å²) in [5, 5.41) is 2.73. The molecule has 0 unspecified atom stereocenters. The Balaban J connectivity index is 2.10. The van der Waals surface area contributed by atoms with Gasteiger partial charge < -0.3 is 5.32 Å². The molecule has 0 radical (unpaired) electrons. The average Bonchev–Trinajstić information content (AvgIpc) is 2.58. The summed E-state index contributed by atoms with van der Waals surface area (Å²) in [6, 6.07) is 28.8. The van der Waals surface area contributed by atoms with Crippen LogP contribution in [0.1, 0.15) is 22.6 Å².